The molecule has 0 saturated heterocycles. The van der Waals surface area contributed by atoms with E-state index in [0.29, 0.717) is 37.5 Å². The summed E-state index contributed by atoms with van der Waals surface area (Å²) in [5.74, 6) is -0.0917. The molecule has 0 radical (unpaired) electrons. The third-order valence-electron chi connectivity index (χ3n) is 3.22. The Balaban J connectivity index is 2.59. The SMILES string of the molecule is COCCCN(CCNS(=O)(=O)c1c(C)n[nH]c1C)C(C)=O. The van der Waals surface area contributed by atoms with E-state index in [4.69, 9.17) is 4.74 Å². The van der Waals surface area contributed by atoms with Crippen LogP contribution in [-0.4, -0.2) is 62.8 Å². The van der Waals surface area contributed by atoms with Crippen LogP contribution in [0.3, 0.4) is 0 Å². The monoisotopic (exact) mass is 332 g/mol. The lowest BCUT2D eigenvalue weighted by molar-refractivity contribution is -0.128. The summed E-state index contributed by atoms with van der Waals surface area (Å²) in [5.41, 5.74) is 0.919. The van der Waals surface area contributed by atoms with Crippen LogP contribution in [-0.2, 0) is 19.6 Å². The van der Waals surface area contributed by atoms with Gasteiger partial charge in [-0.25, -0.2) is 13.1 Å². The lowest BCUT2D eigenvalue weighted by Gasteiger charge is -2.21. The second-order valence-electron chi connectivity index (χ2n) is 5.01. The van der Waals surface area contributed by atoms with Gasteiger partial charge in [-0.1, -0.05) is 0 Å². The summed E-state index contributed by atoms with van der Waals surface area (Å²) >= 11 is 0. The standard InChI is InChI=1S/C13H24N4O4S/c1-10-13(11(2)16-15-10)22(19,20)14-6-8-17(12(3)18)7-5-9-21-4/h14H,5-9H2,1-4H3,(H,15,16). The number of hydrogen-bond donors (Lipinski definition) is 2. The second-order valence-corrected chi connectivity index (χ2v) is 6.72. The Bertz CT molecular complexity index is 578. The molecule has 0 atom stereocenters. The van der Waals surface area contributed by atoms with Crippen LogP contribution >= 0.6 is 0 Å². The Morgan fingerprint density at radius 3 is 2.55 bits per heavy atom. The molecule has 0 aliphatic carbocycles. The number of ether oxygens (including phenoxy) is 1. The van der Waals surface area contributed by atoms with E-state index in [1.54, 1.807) is 25.9 Å². The van der Waals surface area contributed by atoms with Gasteiger partial charge in [-0.05, 0) is 20.3 Å². The number of H-pyrrole nitrogens is 1. The number of methoxy groups -OCH3 is 1. The Morgan fingerprint density at radius 2 is 2.05 bits per heavy atom. The lowest BCUT2D eigenvalue weighted by atomic mass is 10.4. The molecule has 126 valence electrons. The van der Waals surface area contributed by atoms with Gasteiger partial charge in [0.15, 0.2) is 0 Å². The molecule has 1 aromatic rings. The molecule has 0 bridgehead atoms. The van der Waals surface area contributed by atoms with Crippen molar-refractivity contribution in [1.29, 1.82) is 0 Å². The van der Waals surface area contributed by atoms with E-state index in [1.807, 2.05) is 0 Å². The van der Waals surface area contributed by atoms with Gasteiger partial charge in [-0.15, -0.1) is 0 Å². The van der Waals surface area contributed by atoms with Crippen molar-refractivity contribution in [1.82, 2.24) is 19.8 Å². The van der Waals surface area contributed by atoms with Gasteiger partial charge in [0, 0.05) is 40.3 Å². The normalized spacial score (nSPS) is 11.6. The summed E-state index contributed by atoms with van der Waals surface area (Å²) in [4.78, 5) is 13.3. The predicted molar refractivity (Wildman–Crippen MR) is 82.0 cm³/mol. The molecule has 8 nitrogen and oxygen atoms in total. The van der Waals surface area contributed by atoms with Crippen molar-refractivity contribution in [3.05, 3.63) is 11.4 Å². The topological polar surface area (TPSA) is 104 Å². The zero-order valence-electron chi connectivity index (χ0n) is 13.5. The number of sulfonamides is 1. The van der Waals surface area contributed by atoms with Crippen molar-refractivity contribution in [2.75, 3.05) is 33.4 Å². The zero-order chi connectivity index (χ0) is 16.8. The predicted octanol–water partition coefficient (Wildman–Crippen LogP) is 0.190. The maximum Gasteiger partial charge on any atom is 0.244 e. The van der Waals surface area contributed by atoms with Crippen molar-refractivity contribution in [3.63, 3.8) is 0 Å². The largest absolute Gasteiger partial charge is 0.385 e. The highest BCUT2D eigenvalue weighted by atomic mass is 32.2. The summed E-state index contributed by atoms with van der Waals surface area (Å²) in [7, 11) is -2.03. The zero-order valence-corrected chi connectivity index (χ0v) is 14.3. The number of aromatic nitrogens is 2. The van der Waals surface area contributed by atoms with Gasteiger partial charge in [0.2, 0.25) is 15.9 Å². The average Bonchev–Trinajstić information content (AvgIpc) is 2.77. The van der Waals surface area contributed by atoms with Crippen molar-refractivity contribution in [3.8, 4) is 0 Å². The highest BCUT2D eigenvalue weighted by molar-refractivity contribution is 7.89. The summed E-state index contributed by atoms with van der Waals surface area (Å²) in [6, 6.07) is 0. The van der Waals surface area contributed by atoms with Crippen LogP contribution in [0.25, 0.3) is 0 Å². The molecule has 0 aromatic carbocycles. The number of rotatable bonds is 9. The fourth-order valence-electron chi connectivity index (χ4n) is 2.15. The number of carbonyl (C=O) groups excluding carboxylic acids is 1. The van der Waals surface area contributed by atoms with E-state index in [0.717, 1.165) is 0 Å². The van der Waals surface area contributed by atoms with E-state index in [9.17, 15) is 13.2 Å². The van der Waals surface area contributed by atoms with Gasteiger partial charge in [0.25, 0.3) is 0 Å². The van der Waals surface area contributed by atoms with Crippen molar-refractivity contribution >= 4 is 15.9 Å². The van der Waals surface area contributed by atoms with Gasteiger partial charge in [0.05, 0.1) is 11.4 Å². The Labute approximate surface area is 131 Å². The highest BCUT2D eigenvalue weighted by Crippen LogP contribution is 2.15. The first-order chi connectivity index (χ1) is 10.3. The molecule has 0 saturated carbocycles. The molecular formula is C13H24N4O4S. The summed E-state index contributed by atoms with van der Waals surface area (Å²) in [5, 5.41) is 6.53. The van der Waals surface area contributed by atoms with Crippen LogP contribution in [0.4, 0.5) is 0 Å². The molecule has 0 aliphatic rings. The quantitative estimate of drug-likeness (QED) is 0.628. The summed E-state index contributed by atoms with van der Waals surface area (Å²) in [6.45, 7) is 6.31. The number of carbonyl (C=O) groups is 1. The molecule has 1 aromatic heterocycles. The molecule has 2 N–H and O–H groups in total. The van der Waals surface area contributed by atoms with Gasteiger partial charge < -0.3 is 9.64 Å². The van der Waals surface area contributed by atoms with Crippen molar-refractivity contribution < 1.29 is 17.9 Å². The fraction of sp³-hybridized carbons (Fsp3) is 0.692. The first kappa shape index (κ1) is 18.6. The Kier molecular flexibility index (Phi) is 6.98. The number of nitrogens with zero attached hydrogens (tertiary/aromatic N) is 2. The average molecular weight is 332 g/mol. The number of aryl methyl sites for hydroxylation is 2. The molecule has 1 heterocycles. The Morgan fingerprint density at radius 1 is 1.36 bits per heavy atom. The molecule has 1 amide bonds. The Hall–Kier alpha value is -1.45. The second kappa shape index (κ2) is 8.25. The van der Waals surface area contributed by atoms with Gasteiger partial charge in [0.1, 0.15) is 4.90 Å². The van der Waals surface area contributed by atoms with Crippen LogP contribution in [0, 0.1) is 13.8 Å². The van der Waals surface area contributed by atoms with Crippen LogP contribution < -0.4 is 4.72 Å². The van der Waals surface area contributed by atoms with E-state index >= 15 is 0 Å². The first-order valence-corrected chi connectivity index (χ1v) is 8.53. The number of aromatic amines is 1. The van der Waals surface area contributed by atoms with Gasteiger partial charge in [-0.2, -0.15) is 5.10 Å². The number of hydrogen-bond acceptors (Lipinski definition) is 5. The molecule has 0 aliphatic heterocycles. The lowest BCUT2D eigenvalue weighted by Crippen LogP contribution is -2.38. The minimum absolute atomic E-state index is 0.0917. The van der Waals surface area contributed by atoms with Crippen LogP contribution in [0.5, 0.6) is 0 Å². The number of amides is 1. The summed E-state index contributed by atoms with van der Waals surface area (Å²) in [6.07, 6.45) is 0.711. The van der Waals surface area contributed by atoms with E-state index in [2.05, 4.69) is 14.9 Å². The first-order valence-electron chi connectivity index (χ1n) is 7.05. The van der Waals surface area contributed by atoms with Crippen LogP contribution in [0.1, 0.15) is 24.7 Å². The smallest absolute Gasteiger partial charge is 0.244 e. The van der Waals surface area contributed by atoms with E-state index in [-0.39, 0.29) is 17.3 Å². The molecule has 0 fully saturated rings. The van der Waals surface area contributed by atoms with E-state index < -0.39 is 10.0 Å². The fourth-order valence-corrected chi connectivity index (χ4v) is 3.54. The minimum Gasteiger partial charge on any atom is -0.385 e. The van der Waals surface area contributed by atoms with Gasteiger partial charge in [-0.3, -0.25) is 9.89 Å². The molecule has 9 heteroatoms. The van der Waals surface area contributed by atoms with Crippen molar-refractivity contribution in [2.24, 2.45) is 0 Å². The van der Waals surface area contributed by atoms with Crippen molar-refractivity contribution in [2.45, 2.75) is 32.1 Å². The third-order valence-corrected chi connectivity index (χ3v) is 4.95. The third kappa shape index (κ3) is 5.08. The van der Waals surface area contributed by atoms with Crippen LogP contribution in [0.15, 0.2) is 4.90 Å². The molecule has 0 unspecified atom stereocenters. The number of nitrogens with one attached hydrogen (secondary N) is 2. The molecule has 1 rings (SSSR count). The maximum atomic E-state index is 12.3. The minimum atomic E-state index is -3.63. The van der Waals surface area contributed by atoms with Gasteiger partial charge >= 0.3 is 0 Å². The molecular weight excluding hydrogens is 308 g/mol. The molecule has 22 heavy (non-hydrogen) atoms. The summed E-state index contributed by atoms with van der Waals surface area (Å²) < 4.78 is 32.0. The van der Waals surface area contributed by atoms with E-state index in [1.165, 1.54) is 6.92 Å². The molecule has 0 spiro atoms. The van der Waals surface area contributed by atoms with Crippen LogP contribution in [0.2, 0.25) is 0 Å². The highest BCUT2D eigenvalue weighted by Gasteiger charge is 2.22. The maximum absolute atomic E-state index is 12.3.